The van der Waals surface area contributed by atoms with Crippen molar-refractivity contribution in [3.05, 3.63) is 24.2 Å². The van der Waals surface area contributed by atoms with E-state index in [0.29, 0.717) is 18.4 Å². The van der Waals surface area contributed by atoms with Gasteiger partial charge in [-0.15, -0.1) is 0 Å². The number of ether oxygens (including phenoxy) is 2. The number of methoxy groups -OCH3 is 1. The molecule has 196 valence electrons. The minimum Gasteiger partial charge on any atom is -0.472 e. The smallest absolute Gasteiger partial charge is 0.335 e. The van der Waals surface area contributed by atoms with Crippen LogP contribution in [0.2, 0.25) is 0 Å². The quantitative estimate of drug-likeness (QED) is 0.471. The Balaban J connectivity index is 1.66. The number of hydrogen-bond donors (Lipinski definition) is 2. The first kappa shape index (κ1) is 25.1. The van der Waals surface area contributed by atoms with E-state index in [1.807, 2.05) is 6.92 Å². The molecule has 9 nitrogen and oxygen atoms in total. The fraction of sp³-hybridized carbons (Fsp3) is 0.704. The van der Waals surface area contributed by atoms with Crippen molar-refractivity contribution in [2.45, 2.75) is 71.2 Å². The van der Waals surface area contributed by atoms with Crippen LogP contribution < -0.4 is 0 Å². The van der Waals surface area contributed by atoms with Gasteiger partial charge in [-0.3, -0.25) is 14.4 Å². The average Bonchev–Trinajstić information content (AvgIpc) is 3.35. The third-order valence-electron chi connectivity index (χ3n) is 10.3. The highest BCUT2D eigenvalue weighted by Gasteiger charge is 2.76. The molecule has 1 aromatic rings. The van der Waals surface area contributed by atoms with Gasteiger partial charge in [-0.2, -0.15) is 0 Å². The Labute approximate surface area is 209 Å². The van der Waals surface area contributed by atoms with Crippen molar-refractivity contribution < 1.29 is 43.3 Å². The van der Waals surface area contributed by atoms with Crippen LogP contribution in [0.4, 0.5) is 0 Å². The fourth-order valence-electron chi connectivity index (χ4n) is 8.75. The van der Waals surface area contributed by atoms with E-state index >= 15 is 0 Å². The number of rotatable bonds is 3. The highest BCUT2D eigenvalue weighted by molar-refractivity contribution is 6.11. The summed E-state index contributed by atoms with van der Waals surface area (Å²) < 4.78 is 15.8. The van der Waals surface area contributed by atoms with Gasteiger partial charge < -0.3 is 24.1 Å². The molecule has 2 N–H and O–H groups in total. The molecule has 0 aromatic carbocycles. The number of esters is 2. The van der Waals surface area contributed by atoms with Crippen LogP contribution in [0.5, 0.6) is 0 Å². The molecule has 0 amide bonds. The molecule has 9 atom stereocenters. The maximum atomic E-state index is 13.9. The van der Waals surface area contributed by atoms with Gasteiger partial charge in [0.25, 0.3) is 0 Å². The molecule has 5 rings (SSSR count). The third-order valence-corrected chi connectivity index (χ3v) is 10.3. The lowest BCUT2D eigenvalue weighted by Gasteiger charge is -2.68. The minimum atomic E-state index is -1.73. The van der Waals surface area contributed by atoms with Crippen LogP contribution in [0.3, 0.4) is 0 Å². The van der Waals surface area contributed by atoms with E-state index in [1.54, 1.807) is 26.8 Å². The zero-order valence-corrected chi connectivity index (χ0v) is 21.3. The minimum absolute atomic E-state index is 0.0589. The Morgan fingerprint density at radius 1 is 1.14 bits per heavy atom. The van der Waals surface area contributed by atoms with Gasteiger partial charge >= 0.3 is 11.9 Å². The molecule has 1 saturated heterocycles. The summed E-state index contributed by atoms with van der Waals surface area (Å²) in [6.45, 7) is 6.93. The predicted molar refractivity (Wildman–Crippen MR) is 123 cm³/mol. The maximum Gasteiger partial charge on any atom is 0.335 e. The lowest BCUT2D eigenvalue weighted by atomic mass is 9.36. The first-order chi connectivity index (χ1) is 16.7. The second-order valence-corrected chi connectivity index (χ2v) is 12.2. The molecule has 1 aromatic heterocycles. The average molecular weight is 503 g/mol. The number of Topliss-reactive ketones (excluding diaryl/α,β-unsaturated/α-hetero) is 2. The number of carbonyl (C=O) groups is 4. The molecule has 0 spiro atoms. The van der Waals surface area contributed by atoms with E-state index in [9.17, 15) is 29.4 Å². The van der Waals surface area contributed by atoms with Gasteiger partial charge in [-0.05, 0) is 25.3 Å². The molecule has 4 aliphatic rings. The van der Waals surface area contributed by atoms with Gasteiger partial charge in [-0.1, -0.05) is 27.7 Å². The van der Waals surface area contributed by atoms with Crippen LogP contribution in [0, 0.1) is 39.9 Å². The first-order valence-corrected chi connectivity index (χ1v) is 12.5. The van der Waals surface area contributed by atoms with Crippen LogP contribution >= 0.6 is 0 Å². The van der Waals surface area contributed by atoms with E-state index in [2.05, 4.69) is 0 Å². The molecule has 9 heteroatoms. The molecule has 1 aliphatic heterocycles. The summed E-state index contributed by atoms with van der Waals surface area (Å²) in [7, 11) is 1.14. The van der Waals surface area contributed by atoms with Crippen LogP contribution in [0.15, 0.2) is 23.0 Å². The fourth-order valence-corrected chi connectivity index (χ4v) is 8.75. The molecule has 4 fully saturated rings. The number of aliphatic hydroxyl groups excluding tert-OH is 1. The van der Waals surface area contributed by atoms with Crippen molar-refractivity contribution in [3.63, 3.8) is 0 Å². The van der Waals surface area contributed by atoms with Gasteiger partial charge in [-0.25, -0.2) is 4.79 Å². The Bertz CT molecular complexity index is 1120. The molecule has 3 saturated carbocycles. The van der Waals surface area contributed by atoms with Gasteiger partial charge in [0.15, 0.2) is 6.10 Å². The molecule has 36 heavy (non-hydrogen) atoms. The topological polar surface area (TPSA) is 140 Å². The van der Waals surface area contributed by atoms with Gasteiger partial charge in [0.2, 0.25) is 0 Å². The van der Waals surface area contributed by atoms with E-state index < -0.39 is 75.4 Å². The summed E-state index contributed by atoms with van der Waals surface area (Å²) in [5.41, 5.74) is -4.16. The summed E-state index contributed by atoms with van der Waals surface area (Å²) >= 11 is 0. The van der Waals surface area contributed by atoms with Crippen LogP contribution in [0.1, 0.15) is 65.0 Å². The van der Waals surface area contributed by atoms with Crippen molar-refractivity contribution in [1.29, 1.82) is 0 Å². The van der Waals surface area contributed by atoms with E-state index in [0.717, 1.165) is 7.11 Å². The summed E-state index contributed by atoms with van der Waals surface area (Å²) in [6, 6.07) is 1.73. The molecule has 0 radical (unpaired) electrons. The number of cyclic esters (lactones) is 1. The normalized spacial score (nSPS) is 44.2. The summed E-state index contributed by atoms with van der Waals surface area (Å²) in [4.78, 5) is 53.0. The Morgan fingerprint density at radius 3 is 2.44 bits per heavy atom. The second-order valence-electron chi connectivity index (χ2n) is 12.2. The summed E-state index contributed by atoms with van der Waals surface area (Å²) in [5, 5.41) is 23.6. The highest BCUT2D eigenvalue weighted by Crippen LogP contribution is 2.70. The zero-order valence-electron chi connectivity index (χ0n) is 21.3. The number of hydrogen-bond acceptors (Lipinski definition) is 9. The van der Waals surface area contributed by atoms with E-state index in [4.69, 9.17) is 13.9 Å². The number of furan rings is 1. The van der Waals surface area contributed by atoms with E-state index in [1.165, 1.54) is 12.5 Å². The SMILES string of the molecule is COC(=O)[C@H](O)C1C(C)(C)C(=O)[C@@H]2C[C@]3(O)[C@@H](CC[C@@]4(C)[C@H](c5ccoc5)OC(=O)C[C@@H]43)[C@@]1(C)C2=O. The molecular weight excluding hydrogens is 468 g/mol. The van der Waals surface area contributed by atoms with Crippen molar-refractivity contribution >= 4 is 23.5 Å². The highest BCUT2D eigenvalue weighted by atomic mass is 16.5. The number of aliphatic hydroxyl groups is 2. The monoisotopic (exact) mass is 502 g/mol. The van der Waals surface area contributed by atoms with Crippen molar-refractivity contribution in [2.75, 3.05) is 7.11 Å². The van der Waals surface area contributed by atoms with Crippen LogP contribution in [0.25, 0.3) is 0 Å². The molecular formula is C27H34O9. The van der Waals surface area contributed by atoms with Gasteiger partial charge in [0.05, 0.1) is 37.6 Å². The van der Waals surface area contributed by atoms with Crippen molar-refractivity contribution in [3.8, 4) is 0 Å². The first-order valence-electron chi connectivity index (χ1n) is 12.5. The molecule has 2 bridgehead atoms. The van der Waals surface area contributed by atoms with Crippen LogP contribution in [-0.4, -0.2) is 52.5 Å². The number of carbonyl (C=O) groups excluding carboxylic acids is 4. The summed E-state index contributed by atoms with van der Waals surface area (Å²) in [5.74, 6) is -5.66. The second kappa shape index (κ2) is 7.74. The summed E-state index contributed by atoms with van der Waals surface area (Å²) in [6.07, 6.45) is 1.40. The Morgan fingerprint density at radius 2 is 1.83 bits per heavy atom. The predicted octanol–water partition coefficient (Wildman–Crippen LogP) is 2.39. The van der Waals surface area contributed by atoms with Gasteiger partial charge in [0, 0.05) is 39.6 Å². The Kier molecular flexibility index (Phi) is 5.41. The zero-order chi connectivity index (χ0) is 26.4. The largest absolute Gasteiger partial charge is 0.472 e. The van der Waals surface area contributed by atoms with Crippen LogP contribution in [-0.2, 0) is 28.7 Å². The van der Waals surface area contributed by atoms with Crippen molar-refractivity contribution in [1.82, 2.24) is 0 Å². The number of fused-ring (bicyclic) bond motifs is 6. The third kappa shape index (κ3) is 2.96. The molecule has 2 heterocycles. The standard InChI is InChI=1S/C27H34O9/c1-24(2)19(18(29)23(32)34-5)26(4)15-6-8-25(3)16(27(15,33)11-14(20(24)30)21(26)31)10-17(28)36-22(25)13-7-9-35-12-13/h7,9,12,14-16,18-19,22,29,33H,6,8,10-11H2,1-5H3/t14-,15-,16-,18+,19?,22-,25+,26+,27-/m0/s1. The van der Waals surface area contributed by atoms with Gasteiger partial charge in [0.1, 0.15) is 17.7 Å². The van der Waals surface area contributed by atoms with E-state index in [-0.39, 0.29) is 18.6 Å². The lowest BCUT2D eigenvalue weighted by molar-refractivity contribution is -0.266. The molecule has 1 unspecified atom stereocenters. The van der Waals surface area contributed by atoms with Crippen molar-refractivity contribution in [2.24, 2.45) is 39.9 Å². The number of ketones is 2. The molecule has 3 aliphatic carbocycles. The lowest BCUT2D eigenvalue weighted by Crippen LogP contribution is -2.75. The maximum absolute atomic E-state index is 13.9. The Hall–Kier alpha value is -2.52.